The van der Waals surface area contributed by atoms with Gasteiger partial charge in [0.25, 0.3) is 0 Å². The molecule has 1 heterocycles. The van der Waals surface area contributed by atoms with E-state index in [1.165, 1.54) is 11.3 Å². The number of guanidine groups is 1. The molecule has 1 aromatic rings. The van der Waals surface area contributed by atoms with E-state index in [0.717, 1.165) is 18.5 Å². The van der Waals surface area contributed by atoms with Gasteiger partial charge in [-0.2, -0.15) is 13.2 Å². The summed E-state index contributed by atoms with van der Waals surface area (Å²) in [5.74, 6) is -0.327. The van der Waals surface area contributed by atoms with Gasteiger partial charge in [0.2, 0.25) is 5.91 Å². The van der Waals surface area contributed by atoms with Gasteiger partial charge >= 0.3 is 6.18 Å². The Morgan fingerprint density at radius 1 is 1.45 bits per heavy atom. The zero-order chi connectivity index (χ0) is 16.6. The quantitative estimate of drug-likeness (QED) is 0.402. The van der Waals surface area contributed by atoms with Crippen LogP contribution in [0.15, 0.2) is 10.4 Å². The molecule has 0 saturated carbocycles. The second-order valence-electron chi connectivity index (χ2n) is 4.47. The minimum Gasteiger partial charge on any atom is -0.370 e. The number of aliphatic imine (C=N–C) groups is 1. The van der Waals surface area contributed by atoms with E-state index < -0.39 is 12.7 Å². The number of aromatic nitrogens is 1. The first-order valence-electron chi connectivity index (χ1n) is 6.59. The summed E-state index contributed by atoms with van der Waals surface area (Å²) in [6, 6.07) is 0. The lowest BCUT2D eigenvalue weighted by Gasteiger charge is -2.04. The van der Waals surface area contributed by atoms with Gasteiger partial charge in [0.1, 0.15) is 6.54 Å². The topological polar surface area (TPSA) is 92.4 Å². The Hall–Kier alpha value is -1.84. The number of alkyl halides is 3. The van der Waals surface area contributed by atoms with Crippen molar-refractivity contribution in [1.82, 2.24) is 10.3 Å². The van der Waals surface area contributed by atoms with Gasteiger partial charge in [-0.15, -0.1) is 11.3 Å². The minimum atomic E-state index is -4.38. The first-order chi connectivity index (χ1) is 10.3. The van der Waals surface area contributed by atoms with Crippen molar-refractivity contribution < 1.29 is 18.0 Å². The Morgan fingerprint density at radius 2 is 2.18 bits per heavy atom. The second-order valence-corrected chi connectivity index (χ2v) is 5.32. The third kappa shape index (κ3) is 7.81. The molecule has 0 unspecified atom stereocenters. The van der Waals surface area contributed by atoms with Crippen LogP contribution in [0.1, 0.15) is 25.0 Å². The normalized spacial score (nSPS) is 12.3. The number of hydrogen-bond acceptors (Lipinski definition) is 4. The van der Waals surface area contributed by atoms with Crippen LogP contribution in [0.5, 0.6) is 0 Å². The lowest BCUT2D eigenvalue weighted by Crippen LogP contribution is -2.25. The van der Waals surface area contributed by atoms with Gasteiger partial charge in [-0.3, -0.25) is 4.79 Å². The number of carbonyl (C=O) groups is 1. The van der Waals surface area contributed by atoms with Gasteiger partial charge in [0, 0.05) is 18.8 Å². The Bertz CT molecular complexity index is 515. The van der Waals surface area contributed by atoms with Gasteiger partial charge in [0.15, 0.2) is 11.1 Å². The largest absolute Gasteiger partial charge is 0.408 e. The molecule has 0 aliphatic heterocycles. The lowest BCUT2D eigenvalue weighted by molar-refractivity contribution is -0.120. The summed E-state index contributed by atoms with van der Waals surface area (Å²) < 4.78 is 35.9. The highest BCUT2D eigenvalue weighted by atomic mass is 32.1. The molecular weight excluding hydrogens is 319 g/mol. The van der Waals surface area contributed by atoms with Crippen LogP contribution in [0, 0.1) is 0 Å². The first kappa shape index (κ1) is 18.2. The zero-order valence-electron chi connectivity index (χ0n) is 12.0. The molecule has 0 radical (unpaired) electrons. The summed E-state index contributed by atoms with van der Waals surface area (Å²) in [6.07, 6.45) is -1.69. The van der Waals surface area contributed by atoms with E-state index in [0.29, 0.717) is 18.0 Å². The SMILES string of the molecule is CNC(=O)CCCCc1csc(NC(N)=NCC(F)(F)F)n1. The average molecular weight is 337 g/mol. The molecule has 0 aliphatic rings. The number of unbranched alkanes of at least 4 members (excludes halogenated alkanes) is 1. The Balaban J connectivity index is 2.36. The number of amides is 1. The van der Waals surface area contributed by atoms with Crippen LogP contribution in [-0.2, 0) is 11.2 Å². The fraction of sp³-hybridized carbons (Fsp3) is 0.583. The maximum Gasteiger partial charge on any atom is 0.408 e. The standard InChI is InChI=1S/C12H18F3N5OS/c1-17-9(21)5-3-2-4-8-6-22-11(19-8)20-10(16)18-7-12(13,14)15/h6H,2-5,7H2,1H3,(H,17,21)(H3,16,18,19,20). The average Bonchev–Trinajstić information content (AvgIpc) is 2.88. The highest BCUT2D eigenvalue weighted by molar-refractivity contribution is 7.13. The monoisotopic (exact) mass is 337 g/mol. The summed E-state index contributed by atoms with van der Waals surface area (Å²) in [6.45, 7) is -1.33. The van der Waals surface area contributed by atoms with E-state index in [9.17, 15) is 18.0 Å². The smallest absolute Gasteiger partial charge is 0.370 e. The second kappa shape index (κ2) is 8.57. The van der Waals surface area contributed by atoms with Crippen LogP contribution < -0.4 is 16.4 Å². The van der Waals surface area contributed by atoms with Crippen molar-refractivity contribution in [3.05, 3.63) is 11.1 Å². The van der Waals surface area contributed by atoms with Crippen LogP contribution in [0.25, 0.3) is 0 Å². The molecule has 0 saturated heterocycles. The fourth-order valence-corrected chi connectivity index (χ4v) is 2.27. The van der Waals surface area contributed by atoms with Crippen LogP contribution in [0.2, 0.25) is 0 Å². The Labute approximate surface area is 130 Å². The molecule has 1 amide bonds. The number of carbonyl (C=O) groups excluding carboxylic acids is 1. The van der Waals surface area contributed by atoms with Crippen molar-refractivity contribution in [2.24, 2.45) is 10.7 Å². The lowest BCUT2D eigenvalue weighted by atomic mass is 10.1. The number of rotatable bonds is 7. The van der Waals surface area contributed by atoms with Gasteiger partial charge in [0.05, 0.1) is 5.69 Å². The summed E-state index contributed by atoms with van der Waals surface area (Å²) >= 11 is 1.24. The molecular formula is C12H18F3N5OS. The van der Waals surface area contributed by atoms with Crippen molar-refractivity contribution in [2.45, 2.75) is 31.9 Å². The molecule has 22 heavy (non-hydrogen) atoms. The predicted molar refractivity (Wildman–Crippen MR) is 79.9 cm³/mol. The number of aryl methyl sites for hydroxylation is 1. The molecule has 1 rings (SSSR count). The molecule has 0 aromatic carbocycles. The predicted octanol–water partition coefficient (Wildman–Crippen LogP) is 1.89. The highest BCUT2D eigenvalue weighted by Gasteiger charge is 2.26. The van der Waals surface area contributed by atoms with E-state index in [1.54, 1.807) is 12.4 Å². The van der Waals surface area contributed by atoms with Gasteiger partial charge in [-0.25, -0.2) is 9.98 Å². The number of nitrogens with two attached hydrogens (primary N) is 1. The number of anilines is 1. The Morgan fingerprint density at radius 3 is 2.82 bits per heavy atom. The van der Waals surface area contributed by atoms with E-state index in [1.807, 2.05) is 0 Å². The summed E-state index contributed by atoms with van der Waals surface area (Å²) in [5, 5.41) is 7.25. The van der Waals surface area contributed by atoms with Crippen molar-refractivity contribution in [3.63, 3.8) is 0 Å². The first-order valence-corrected chi connectivity index (χ1v) is 7.47. The minimum absolute atomic E-state index is 0.00529. The molecule has 124 valence electrons. The number of halogens is 3. The molecule has 0 atom stereocenters. The number of hydrogen-bond donors (Lipinski definition) is 3. The molecule has 6 nitrogen and oxygen atoms in total. The highest BCUT2D eigenvalue weighted by Crippen LogP contribution is 2.18. The summed E-state index contributed by atoms with van der Waals surface area (Å²) in [7, 11) is 1.59. The van der Waals surface area contributed by atoms with Crippen molar-refractivity contribution in [1.29, 1.82) is 0 Å². The molecule has 10 heteroatoms. The fourth-order valence-electron chi connectivity index (χ4n) is 1.52. The van der Waals surface area contributed by atoms with Gasteiger partial charge < -0.3 is 16.4 Å². The van der Waals surface area contributed by atoms with Crippen molar-refractivity contribution in [2.75, 3.05) is 18.9 Å². The zero-order valence-corrected chi connectivity index (χ0v) is 12.9. The van der Waals surface area contributed by atoms with E-state index in [4.69, 9.17) is 5.73 Å². The third-order valence-electron chi connectivity index (χ3n) is 2.58. The molecule has 4 N–H and O–H groups in total. The number of thiazole rings is 1. The maximum absolute atomic E-state index is 12.0. The maximum atomic E-state index is 12.0. The van der Waals surface area contributed by atoms with E-state index >= 15 is 0 Å². The van der Waals surface area contributed by atoms with Crippen LogP contribution in [-0.4, -0.2) is 36.6 Å². The van der Waals surface area contributed by atoms with Crippen LogP contribution in [0.3, 0.4) is 0 Å². The molecule has 0 spiro atoms. The third-order valence-corrected chi connectivity index (χ3v) is 3.39. The van der Waals surface area contributed by atoms with Gasteiger partial charge in [-0.05, 0) is 19.3 Å². The van der Waals surface area contributed by atoms with Crippen molar-refractivity contribution in [3.8, 4) is 0 Å². The van der Waals surface area contributed by atoms with Gasteiger partial charge in [-0.1, -0.05) is 0 Å². The molecule has 0 aliphatic carbocycles. The number of nitrogens with zero attached hydrogens (tertiary/aromatic N) is 2. The van der Waals surface area contributed by atoms with Crippen molar-refractivity contribution >= 4 is 28.3 Å². The molecule has 1 aromatic heterocycles. The molecule has 0 fully saturated rings. The summed E-state index contributed by atoms with van der Waals surface area (Å²) in [4.78, 5) is 18.4. The van der Waals surface area contributed by atoms with E-state index in [-0.39, 0.29) is 11.9 Å². The summed E-state index contributed by atoms with van der Waals surface area (Å²) in [5.41, 5.74) is 6.15. The van der Waals surface area contributed by atoms with Crippen LogP contribution >= 0.6 is 11.3 Å². The Kier molecular flexibility index (Phi) is 7.09. The molecule has 0 bridgehead atoms. The van der Waals surface area contributed by atoms with Crippen LogP contribution in [0.4, 0.5) is 18.3 Å². The van der Waals surface area contributed by atoms with E-state index in [2.05, 4.69) is 20.6 Å². The number of nitrogens with one attached hydrogen (secondary N) is 2.